The second-order valence-electron chi connectivity index (χ2n) is 11.3. The molecule has 0 aliphatic rings. The van der Waals surface area contributed by atoms with Crippen molar-refractivity contribution in [2.75, 3.05) is 59.2 Å². The minimum Gasteiger partial charge on any atom is -0.378 e. The molecule has 0 aromatic rings. The molecule has 13 heteroatoms. The first-order chi connectivity index (χ1) is 25.2. The lowest BCUT2D eigenvalue weighted by atomic mass is 9.90. The zero-order valence-corrected chi connectivity index (χ0v) is 30.9. The number of hydrogen-bond donors (Lipinski definition) is 0. The van der Waals surface area contributed by atoms with Gasteiger partial charge in [-0.2, -0.15) is 31.6 Å². The van der Waals surface area contributed by atoms with E-state index in [1.54, 1.807) is 6.92 Å². The molecule has 0 radical (unpaired) electrons. The van der Waals surface area contributed by atoms with Crippen molar-refractivity contribution in [3.63, 3.8) is 0 Å². The molecule has 0 saturated heterocycles. The molecular formula is C39H52N10O3. The zero-order valence-electron chi connectivity index (χ0n) is 30.9. The molecule has 4 atom stereocenters. The van der Waals surface area contributed by atoms with Gasteiger partial charge in [0.25, 0.3) is 0 Å². The highest BCUT2D eigenvalue weighted by Crippen LogP contribution is 2.19. The summed E-state index contributed by atoms with van der Waals surface area (Å²) in [7, 11) is 0. The zero-order chi connectivity index (χ0) is 40.0. The topological polar surface area (TPSA) is 188 Å². The molecule has 0 aliphatic heterocycles. The summed E-state index contributed by atoms with van der Waals surface area (Å²) in [5.74, 6) is 3.14. The van der Waals surface area contributed by atoms with Gasteiger partial charge in [0, 0.05) is 31.6 Å². The second kappa shape index (κ2) is 45.3. The molecule has 52 heavy (non-hydrogen) atoms. The van der Waals surface area contributed by atoms with Crippen LogP contribution in [0, 0.1) is 124 Å². The quantitative estimate of drug-likeness (QED) is 0.0548. The number of ether oxygens (including phenoxy) is 3. The van der Waals surface area contributed by atoms with Crippen LogP contribution < -0.4 is 0 Å². The molecule has 0 N–H and O–H groups in total. The van der Waals surface area contributed by atoms with Crippen LogP contribution in [0.15, 0.2) is 0 Å². The SMILES string of the molecule is C#CCCCC(C#N)CCC#N.[C-]#[N+]CC(C)(C#N)CC#N.[C-]#[N+]CCC(CCC)CCC#N.[C-]#[N+]CCOCC(COCCC#N)OCC[N+]#[C-]. The van der Waals surface area contributed by atoms with Crippen molar-refractivity contribution in [3.8, 4) is 48.8 Å². The van der Waals surface area contributed by atoms with E-state index < -0.39 is 5.41 Å². The van der Waals surface area contributed by atoms with Gasteiger partial charge in [-0.25, -0.2) is 26.3 Å². The number of terminal acetylenes is 1. The summed E-state index contributed by atoms with van der Waals surface area (Å²) in [6.07, 6.45) is 13.8. The molecule has 4 unspecified atom stereocenters. The van der Waals surface area contributed by atoms with Crippen molar-refractivity contribution in [2.45, 2.75) is 97.0 Å². The van der Waals surface area contributed by atoms with Crippen molar-refractivity contribution in [3.05, 3.63) is 45.7 Å². The van der Waals surface area contributed by atoms with Crippen molar-refractivity contribution in [1.29, 1.82) is 31.6 Å². The van der Waals surface area contributed by atoms with Crippen LogP contribution in [0.25, 0.3) is 19.4 Å². The van der Waals surface area contributed by atoms with Gasteiger partial charge in [0.2, 0.25) is 26.2 Å². The first-order valence-corrected chi connectivity index (χ1v) is 17.0. The molecule has 276 valence electrons. The first-order valence-electron chi connectivity index (χ1n) is 17.0. The van der Waals surface area contributed by atoms with Gasteiger partial charge in [-0.3, -0.25) is 0 Å². The molecule has 0 fully saturated rings. The van der Waals surface area contributed by atoms with Crippen LogP contribution in [0.5, 0.6) is 0 Å². The Labute approximate surface area is 313 Å². The maximum atomic E-state index is 8.64. The summed E-state index contributed by atoms with van der Waals surface area (Å²) in [6.45, 7) is 33.3. The average Bonchev–Trinajstić information content (AvgIpc) is 3.15. The van der Waals surface area contributed by atoms with E-state index in [0.29, 0.717) is 84.3 Å². The summed E-state index contributed by atoms with van der Waals surface area (Å²) in [6, 6.07) is 12.2. The van der Waals surface area contributed by atoms with Gasteiger partial charge in [-0.05, 0) is 38.5 Å². The summed E-state index contributed by atoms with van der Waals surface area (Å²) in [5, 5.41) is 50.4. The van der Waals surface area contributed by atoms with E-state index in [9.17, 15) is 0 Å². The Balaban J connectivity index is -0.000000303. The minimum absolute atomic E-state index is 0.0120. The molecular weight excluding hydrogens is 656 g/mol. The van der Waals surface area contributed by atoms with Gasteiger partial charge >= 0.3 is 0 Å². The average molecular weight is 709 g/mol. The lowest BCUT2D eigenvalue weighted by Gasteiger charge is -2.16. The minimum atomic E-state index is -0.767. The van der Waals surface area contributed by atoms with Crippen molar-refractivity contribution in [1.82, 2.24) is 0 Å². The third-order valence-corrected chi connectivity index (χ3v) is 6.71. The molecule has 0 rings (SSSR count). The van der Waals surface area contributed by atoms with Crippen LogP contribution in [0.4, 0.5) is 0 Å². The van der Waals surface area contributed by atoms with Crippen LogP contribution in [-0.2, 0) is 14.2 Å². The van der Waals surface area contributed by atoms with E-state index >= 15 is 0 Å². The van der Waals surface area contributed by atoms with Gasteiger partial charge in [0.05, 0.1) is 69.1 Å². The van der Waals surface area contributed by atoms with Gasteiger partial charge in [0.1, 0.15) is 24.7 Å². The Morgan fingerprint density at radius 1 is 0.673 bits per heavy atom. The lowest BCUT2D eigenvalue weighted by Crippen LogP contribution is -2.27. The maximum absolute atomic E-state index is 8.64. The summed E-state index contributed by atoms with van der Waals surface area (Å²) >= 11 is 0. The number of rotatable bonds is 24. The van der Waals surface area contributed by atoms with Gasteiger partial charge < -0.3 is 33.6 Å². The Bertz CT molecular complexity index is 1300. The molecule has 0 aromatic heterocycles. The van der Waals surface area contributed by atoms with E-state index in [1.807, 2.05) is 24.3 Å². The fourth-order valence-electron chi connectivity index (χ4n) is 3.87. The van der Waals surface area contributed by atoms with Crippen LogP contribution in [0.2, 0.25) is 0 Å². The largest absolute Gasteiger partial charge is 0.378 e. The highest BCUT2D eigenvalue weighted by Gasteiger charge is 2.27. The van der Waals surface area contributed by atoms with E-state index in [2.05, 4.69) is 44.4 Å². The number of nitriles is 6. The smallest absolute Gasteiger partial charge is 0.237 e. The third-order valence-electron chi connectivity index (χ3n) is 6.71. The number of nitrogens with zero attached hydrogens (tertiary/aromatic N) is 10. The molecule has 0 amide bonds. The van der Waals surface area contributed by atoms with E-state index in [1.165, 1.54) is 0 Å². The second-order valence-corrected chi connectivity index (χ2v) is 11.3. The van der Waals surface area contributed by atoms with Crippen LogP contribution in [0.3, 0.4) is 0 Å². The molecule has 13 nitrogen and oxygen atoms in total. The Hall–Kier alpha value is -5.66. The molecule has 0 aromatic carbocycles. The Morgan fingerprint density at radius 3 is 1.77 bits per heavy atom. The van der Waals surface area contributed by atoms with E-state index in [4.69, 9.17) is 78.5 Å². The summed E-state index contributed by atoms with van der Waals surface area (Å²) in [5.41, 5.74) is -0.767. The van der Waals surface area contributed by atoms with Crippen LogP contribution in [0.1, 0.15) is 90.9 Å². The summed E-state index contributed by atoms with van der Waals surface area (Å²) in [4.78, 5) is 12.8. The molecule has 0 spiro atoms. The predicted molar refractivity (Wildman–Crippen MR) is 196 cm³/mol. The van der Waals surface area contributed by atoms with Crippen LogP contribution in [-0.4, -0.2) is 65.3 Å². The third kappa shape index (κ3) is 42.4. The fourth-order valence-corrected chi connectivity index (χ4v) is 3.87. The molecule has 0 heterocycles. The van der Waals surface area contributed by atoms with E-state index in [0.717, 1.165) is 44.9 Å². The van der Waals surface area contributed by atoms with Crippen LogP contribution >= 0.6 is 0 Å². The Kier molecular flexibility index (Phi) is 46.3. The number of hydrogen-bond acceptors (Lipinski definition) is 9. The molecule has 0 saturated carbocycles. The molecule has 0 aliphatic carbocycles. The first kappa shape index (κ1) is 53.1. The maximum Gasteiger partial charge on any atom is 0.237 e. The van der Waals surface area contributed by atoms with Crippen molar-refractivity contribution in [2.24, 2.45) is 17.3 Å². The highest BCUT2D eigenvalue weighted by atomic mass is 16.6. The number of unbranched alkanes of at least 4 members (excludes halogenated alkanes) is 1. The molecule has 0 bridgehead atoms. The van der Waals surface area contributed by atoms with Crippen molar-refractivity contribution >= 4 is 0 Å². The van der Waals surface area contributed by atoms with E-state index in [-0.39, 0.29) is 25.0 Å². The normalized spacial score (nSPS) is 11.7. The monoisotopic (exact) mass is 708 g/mol. The summed E-state index contributed by atoms with van der Waals surface area (Å²) < 4.78 is 15.9. The fraction of sp³-hybridized carbons (Fsp3) is 0.692. The highest BCUT2D eigenvalue weighted by molar-refractivity contribution is 5.04. The lowest BCUT2D eigenvalue weighted by molar-refractivity contribution is -0.0541. The van der Waals surface area contributed by atoms with Crippen molar-refractivity contribution < 1.29 is 14.2 Å². The predicted octanol–water partition coefficient (Wildman–Crippen LogP) is 7.76. The standard InChI is InChI=1S/C12H17N3O3.C10H16N2.C10H12N2.C7H7N3/c1-14-5-8-17-11-12(18-9-6-15-2)10-16-7-3-4-13;1-3-5-10(6-4-8-11)7-9-12-2;1-2-3-4-6-10(9-12)7-5-8-11;1-7(5-9,3-4-8)6-10-2/h12H,3,5-11H2;10H,3-7,9H2,1H3;1,10H,3-7H2;3,6H2,1H3. The van der Waals surface area contributed by atoms with Gasteiger partial charge in [-0.15, -0.1) is 12.3 Å². The van der Waals surface area contributed by atoms with Gasteiger partial charge in [0.15, 0.2) is 0 Å². The van der Waals surface area contributed by atoms with Gasteiger partial charge in [-0.1, -0.05) is 19.8 Å². The Morgan fingerprint density at radius 2 is 1.27 bits per heavy atom.